The Morgan fingerprint density at radius 2 is 2.27 bits per heavy atom. The Hall–Kier alpha value is -1.85. The molecule has 0 aromatic carbocycles. The summed E-state index contributed by atoms with van der Waals surface area (Å²) in [5.74, 6) is -0.208. The van der Waals surface area contributed by atoms with Gasteiger partial charge in [-0.3, -0.25) is 9.59 Å². The summed E-state index contributed by atoms with van der Waals surface area (Å²) in [6.45, 7) is 0.354. The van der Waals surface area contributed by atoms with Crippen LogP contribution in [0.3, 0.4) is 0 Å². The largest absolute Gasteiger partial charge is 0.359 e. The van der Waals surface area contributed by atoms with Crippen molar-refractivity contribution in [3.63, 3.8) is 0 Å². The molecule has 6 heteroatoms. The molecule has 0 fully saturated rings. The van der Waals surface area contributed by atoms with Gasteiger partial charge in [-0.25, -0.2) is 4.98 Å². The molecule has 2 amide bonds. The highest BCUT2D eigenvalue weighted by molar-refractivity contribution is 5.79. The Morgan fingerprint density at radius 3 is 2.87 bits per heavy atom. The number of nitrogens with zero attached hydrogens (tertiary/aromatic N) is 1. The summed E-state index contributed by atoms with van der Waals surface area (Å²) >= 11 is 0. The van der Waals surface area contributed by atoms with Gasteiger partial charge in [0, 0.05) is 31.9 Å². The van der Waals surface area contributed by atoms with Crippen LogP contribution >= 0.6 is 0 Å². The lowest BCUT2D eigenvalue weighted by Crippen LogP contribution is -2.30. The lowest BCUT2D eigenvalue weighted by Gasteiger charge is -2.03. The van der Waals surface area contributed by atoms with Crippen LogP contribution in [-0.2, 0) is 16.0 Å². The van der Waals surface area contributed by atoms with Crippen molar-refractivity contribution in [2.45, 2.75) is 12.8 Å². The first-order valence-electron chi connectivity index (χ1n) is 4.67. The van der Waals surface area contributed by atoms with Crippen molar-refractivity contribution in [2.24, 2.45) is 0 Å². The van der Waals surface area contributed by atoms with E-state index in [0.29, 0.717) is 13.0 Å². The first kappa shape index (κ1) is 11.2. The van der Waals surface area contributed by atoms with E-state index in [2.05, 4.69) is 20.6 Å². The number of carbonyl (C=O) groups excluding carboxylic acids is 2. The molecule has 0 unspecified atom stereocenters. The molecule has 0 aliphatic rings. The highest BCUT2D eigenvalue weighted by Gasteiger charge is 2.04. The van der Waals surface area contributed by atoms with Crippen LogP contribution in [0.1, 0.15) is 12.1 Å². The molecule has 0 bridgehead atoms. The molecule has 1 heterocycles. The highest BCUT2D eigenvalue weighted by Crippen LogP contribution is 1.91. The van der Waals surface area contributed by atoms with Gasteiger partial charge in [-0.15, -0.1) is 0 Å². The lowest BCUT2D eigenvalue weighted by molar-refractivity contribution is -0.121. The van der Waals surface area contributed by atoms with E-state index in [0.717, 1.165) is 5.69 Å². The van der Waals surface area contributed by atoms with Crippen LogP contribution in [0.2, 0.25) is 0 Å². The Kier molecular flexibility index (Phi) is 4.33. The number of amides is 2. The molecule has 3 N–H and O–H groups in total. The number of hydrogen-bond donors (Lipinski definition) is 3. The topological polar surface area (TPSA) is 86.9 Å². The molecule has 0 atom stereocenters. The van der Waals surface area contributed by atoms with Gasteiger partial charge in [-0.1, -0.05) is 0 Å². The predicted octanol–water partition coefficient (Wildman–Crippen LogP) is -0.795. The Balaban J connectivity index is 2.17. The summed E-state index contributed by atoms with van der Waals surface area (Å²) in [5.41, 5.74) is 0.757. The van der Waals surface area contributed by atoms with E-state index in [1.54, 1.807) is 13.2 Å². The van der Waals surface area contributed by atoms with Gasteiger partial charge in [0.1, 0.15) is 0 Å². The summed E-state index contributed by atoms with van der Waals surface area (Å²) in [6.07, 6.45) is 3.67. The van der Waals surface area contributed by atoms with E-state index >= 15 is 0 Å². The van der Waals surface area contributed by atoms with Crippen molar-refractivity contribution in [1.29, 1.82) is 0 Å². The Bertz CT molecular complexity index is 321. The summed E-state index contributed by atoms with van der Waals surface area (Å²) in [7, 11) is 1.56. The van der Waals surface area contributed by atoms with Crippen LogP contribution < -0.4 is 10.6 Å². The van der Waals surface area contributed by atoms with Crippen molar-refractivity contribution in [3.05, 3.63) is 18.2 Å². The first-order valence-corrected chi connectivity index (χ1v) is 4.67. The smallest absolute Gasteiger partial charge is 0.226 e. The van der Waals surface area contributed by atoms with Crippen molar-refractivity contribution in [3.8, 4) is 0 Å². The maximum Gasteiger partial charge on any atom is 0.226 e. The quantitative estimate of drug-likeness (QED) is 0.595. The molecule has 6 nitrogen and oxygen atoms in total. The van der Waals surface area contributed by atoms with Crippen molar-refractivity contribution >= 4 is 11.8 Å². The molecule has 1 aromatic heterocycles. The second-order valence-electron chi connectivity index (χ2n) is 3.03. The normalized spacial score (nSPS) is 9.67. The zero-order valence-electron chi connectivity index (χ0n) is 8.54. The minimum absolute atomic E-state index is 0.0863. The third-order valence-electron chi connectivity index (χ3n) is 1.86. The van der Waals surface area contributed by atoms with Gasteiger partial charge in [0.2, 0.25) is 11.8 Å². The zero-order valence-corrected chi connectivity index (χ0v) is 8.54. The average Bonchev–Trinajstić information content (AvgIpc) is 2.70. The molecular weight excluding hydrogens is 196 g/mol. The van der Waals surface area contributed by atoms with Gasteiger partial charge >= 0.3 is 0 Å². The number of nitrogens with one attached hydrogen (secondary N) is 3. The standard InChI is InChI=1S/C9H14N4O2/c1-10-8(14)2-3-12-9(15)4-7-5-11-6-13-7/h5-6H,2-4H2,1H3,(H,10,14)(H,11,13)(H,12,15). The number of aromatic amines is 1. The van der Waals surface area contributed by atoms with Crippen LogP contribution in [0.15, 0.2) is 12.5 Å². The van der Waals surface area contributed by atoms with Crippen molar-refractivity contribution in [1.82, 2.24) is 20.6 Å². The molecule has 0 radical (unpaired) electrons. The van der Waals surface area contributed by atoms with E-state index in [9.17, 15) is 9.59 Å². The Labute approximate surface area is 87.5 Å². The molecule has 82 valence electrons. The maximum atomic E-state index is 11.3. The first-order chi connectivity index (χ1) is 7.22. The molecule has 0 aliphatic carbocycles. The van der Waals surface area contributed by atoms with E-state index in [-0.39, 0.29) is 18.2 Å². The van der Waals surface area contributed by atoms with E-state index in [1.807, 2.05) is 0 Å². The lowest BCUT2D eigenvalue weighted by atomic mass is 10.3. The van der Waals surface area contributed by atoms with Gasteiger partial charge in [0.05, 0.1) is 12.7 Å². The monoisotopic (exact) mass is 210 g/mol. The maximum absolute atomic E-state index is 11.3. The molecule has 1 aromatic rings. The van der Waals surface area contributed by atoms with Gasteiger partial charge in [-0.2, -0.15) is 0 Å². The van der Waals surface area contributed by atoms with E-state index in [4.69, 9.17) is 0 Å². The van der Waals surface area contributed by atoms with Crippen LogP contribution in [0.5, 0.6) is 0 Å². The summed E-state index contributed by atoms with van der Waals surface area (Å²) in [6, 6.07) is 0. The van der Waals surface area contributed by atoms with Crippen LogP contribution in [-0.4, -0.2) is 35.4 Å². The predicted molar refractivity (Wildman–Crippen MR) is 54.0 cm³/mol. The fraction of sp³-hybridized carbons (Fsp3) is 0.444. The zero-order chi connectivity index (χ0) is 11.1. The van der Waals surface area contributed by atoms with Gasteiger partial charge in [0.25, 0.3) is 0 Å². The second kappa shape index (κ2) is 5.79. The third kappa shape index (κ3) is 4.26. The van der Waals surface area contributed by atoms with Crippen molar-refractivity contribution in [2.75, 3.05) is 13.6 Å². The number of aromatic nitrogens is 2. The van der Waals surface area contributed by atoms with E-state index < -0.39 is 0 Å². The van der Waals surface area contributed by atoms with Gasteiger partial charge in [0.15, 0.2) is 0 Å². The fourth-order valence-electron chi connectivity index (χ4n) is 1.06. The second-order valence-corrected chi connectivity index (χ2v) is 3.03. The minimum Gasteiger partial charge on any atom is -0.359 e. The number of carbonyl (C=O) groups is 2. The molecule has 0 saturated carbocycles. The minimum atomic E-state index is -0.122. The fourth-order valence-corrected chi connectivity index (χ4v) is 1.06. The number of rotatable bonds is 5. The molecule has 0 spiro atoms. The molecule has 1 rings (SSSR count). The molecule has 0 aliphatic heterocycles. The Morgan fingerprint density at radius 1 is 1.47 bits per heavy atom. The van der Waals surface area contributed by atoms with Crippen LogP contribution in [0.25, 0.3) is 0 Å². The third-order valence-corrected chi connectivity index (χ3v) is 1.86. The summed E-state index contributed by atoms with van der Waals surface area (Å²) in [5, 5.41) is 5.12. The SMILES string of the molecule is CNC(=O)CCNC(=O)Cc1cnc[nH]1. The summed E-state index contributed by atoms with van der Waals surface area (Å²) in [4.78, 5) is 28.7. The number of hydrogen-bond acceptors (Lipinski definition) is 3. The van der Waals surface area contributed by atoms with Crippen LogP contribution in [0, 0.1) is 0 Å². The number of imidazole rings is 1. The molecule has 0 saturated heterocycles. The van der Waals surface area contributed by atoms with Gasteiger partial charge < -0.3 is 15.6 Å². The highest BCUT2D eigenvalue weighted by atomic mass is 16.2. The average molecular weight is 210 g/mol. The van der Waals surface area contributed by atoms with E-state index in [1.165, 1.54) is 6.33 Å². The molecule has 15 heavy (non-hydrogen) atoms. The molecular formula is C9H14N4O2. The van der Waals surface area contributed by atoms with Crippen molar-refractivity contribution < 1.29 is 9.59 Å². The van der Waals surface area contributed by atoms with Gasteiger partial charge in [-0.05, 0) is 0 Å². The number of H-pyrrole nitrogens is 1. The summed E-state index contributed by atoms with van der Waals surface area (Å²) < 4.78 is 0. The van der Waals surface area contributed by atoms with Crippen LogP contribution in [0.4, 0.5) is 0 Å².